The summed E-state index contributed by atoms with van der Waals surface area (Å²) in [6.45, 7) is 4.15. The fraction of sp³-hybridized carbons (Fsp3) is 0.571. The Morgan fingerprint density at radius 1 is 1.22 bits per heavy atom. The van der Waals surface area contributed by atoms with Gasteiger partial charge in [-0.2, -0.15) is 0 Å². The van der Waals surface area contributed by atoms with Gasteiger partial charge in [-0.3, -0.25) is 4.79 Å². The van der Waals surface area contributed by atoms with Gasteiger partial charge in [0.05, 0.1) is 6.61 Å². The van der Waals surface area contributed by atoms with E-state index in [1.807, 2.05) is 0 Å². The van der Waals surface area contributed by atoms with Gasteiger partial charge in [-0.1, -0.05) is 26.2 Å². The summed E-state index contributed by atoms with van der Waals surface area (Å²) in [6.07, 6.45) is 8.23. The summed E-state index contributed by atoms with van der Waals surface area (Å²) in [7, 11) is 0. The minimum absolute atomic E-state index is 0.102. The van der Waals surface area contributed by atoms with Crippen LogP contribution in [0, 0.1) is 0 Å². The van der Waals surface area contributed by atoms with Crippen LogP contribution in [0.4, 0.5) is 0 Å². The second kappa shape index (κ2) is 7.69. The molecule has 1 rings (SSSR count). The molecule has 1 N–H and O–H groups in total. The van der Waals surface area contributed by atoms with E-state index in [9.17, 15) is 9.59 Å². The quantitative estimate of drug-likeness (QED) is 0.598. The van der Waals surface area contributed by atoms with Crippen molar-refractivity contribution >= 4 is 5.97 Å². The van der Waals surface area contributed by atoms with Crippen molar-refractivity contribution in [3.63, 3.8) is 0 Å². The molecule has 0 spiro atoms. The highest BCUT2D eigenvalue weighted by atomic mass is 16.5. The van der Waals surface area contributed by atoms with Gasteiger partial charge >= 0.3 is 5.97 Å². The smallest absolute Gasteiger partial charge is 0.343 e. The average Bonchev–Trinajstić information content (AvgIpc) is 2.36. The molecule has 0 aliphatic rings. The van der Waals surface area contributed by atoms with Crippen molar-refractivity contribution in [2.75, 3.05) is 6.61 Å². The SMILES string of the molecule is CCCCCCc1c[nH]cc(C(=O)OCC)c1=O. The molecule has 1 heterocycles. The number of rotatable bonds is 7. The molecule has 0 aliphatic carbocycles. The normalized spacial score (nSPS) is 10.3. The van der Waals surface area contributed by atoms with E-state index in [0.717, 1.165) is 12.8 Å². The van der Waals surface area contributed by atoms with Crippen LogP contribution in [0.2, 0.25) is 0 Å². The van der Waals surface area contributed by atoms with Gasteiger partial charge in [0.2, 0.25) is 0 Å². The van der Waals surface area contributed by atoms with E-state index >= 15 is 0 Å². The first-order chi connectivity index (χ1) is 8.70. The van der Waals surface area contributed by atoms with E-state index in [-0.39, 0.29) is 17.6 Å². The highest BCUT2D eigenvalue weighted by Crippen LogP contribution is 2.05. The molecular formula is C14H21NO3. The van der Waals surface area contributed by atoms with Gasteiger partial charge in [0, 0.05) is 18.0 Å². The van der Waals surface area contributed by atoms with Crippen LogP contribution in [0.3, 0.4) is 0 Å². The summed E-state index contributed by atoms with van der Waals surface area (Å²) in [5.74, 6) is -0.547. The molecule has 0 saturated heterocycles. The number of aromatic nitrogens is 1. The minimum atomic E-state index is -0.547. The first-order valence-electron chi connectivity index (χ1n) is 6.57. The second-order valence-electron chi connectivity index (χ2n) is 4.25. The fourth-order valence-corrected chi connectivity index (χ4v) is 1.82. The number of carbonyl (C=O) groups is 1. The lowest BCUT2D eigenvalue weighted by Gasteiger charge is -2.04. The van der Waals surface area contributed by atoms with Gasteiger partial charge in [0.15, 0.2) is 5.43 Å². The number of hydrogen-bond acceptors (Lipinski definition) is 3. The summed E-state index contributed by atoms with van der Waals surface area (Å²) in [6, 6.07) is 0. The van der Waals surface area contributed by atoms with E-state index in [1.165, 1.54) is 19.0 Å². The Balaban J connectivity index is 2.73. The van der Waals surface area contributed by atoms with Crippen LogP contribution < -0.4 is 5.43 Å². The molecule has 0 radical (unpaired) electrons. The van der Waals surface area contributed by atoms with Crippen molar-refractivity contribution in [3.05, 3.63) is 33.7 Å². The van der Waals surface area contributed by atoms with Crippen LogP contribution in [-0.4, -0.2) is 17.6 Å². The van der Waals surface area contributed by atoms with Crippen molar-refractivity contribution in [1.82, 2.24) is 4.98 Å². The van der Waals surface area contributed by atoms with E-state index in [2.05, 4.69) is 11.9 Å². The topological polar surface area (TPSA) is 59.2 Å². The lowest BCUT2D eigenvalue weighted by Crippen LogP contribution is -2.21. The average molecular weight is 251 g/mol. The molecule has 0 aromatic carbocycles. The number of aromatic amines is 1. The molecule has 1 aromatic rings. The molecule has 100 valence electrons. The third-order valence-electron chi connectivity index (χ3n) is 2.82. The highest BCUT2D eigenvalue weighted by Gasteiger charge is 2.13. The minimum Gasteiger partial charge on any atom is -0.462 e. The standard InChI is InChI=1S/C14H21NO3/c1-3-5-6-7-8-11-9-15-10-12(13(11)16)14(17)18-4-2/h9-10H,3-8H2,1-2H3,(H,15,16). The molecule has 4 heteroatoms. The maximum Gasteiger partial charge on any atom is 0.343 e. The number of ether oxygens (including phenoxy) is 1. The van der Waals surface area contributed by atoms with Crippen LogP contribution in [0.25, 0.3) is 0 Å². The van der Waals surface area contributed by atoms with Crippen LogP contribution in [0.1, 0.15) is 55.5 Å². The first-order valence-corrected chi connectivity index (χ1v) is 6.57. The summed E-state index contributed by atoms with van der Waals surface area (Å²) in [5.41, 5.74) is 0.560. The Hall–Kier alpha value is -1.58. The summed E-state index contributed by atoms with van der Waals surface area (Å²) < 4.78 is 4.85. The maximum atomic E-state index is 12.0. The molecule has 0 aliphatic heterocycles. The fourth-order valence-electron chi connectivity index (χ4n) is 1.82. The van der Waals surface area contributed by atoms with Crippen LogP contribution in [0.5, 0.6) is 0 Å². The summed E-state index contributed by atoms with van der Waals surface area (Å²) in [5, 5.41) is 0. The van der Waals surface area contributed by atoms with E-state index < -0.39 is 5.97 Å². The Morgan fingerprint density at radius 3 is 2.67 bits per heavy atom. The molecule has 1 aromatic heterocycles. The number of carbonyl (C=O) groups excluding carboxylic acids is 1. The Morgan fingerprint density at radius 2 is 2.00 bits per heavy atom. The Labute approximate surface area is 107 Å². The number of aryl methyl sites for hydroxylation is 1. The number of unbranched alkanes of at least 4 members (excludes halogenated alkanes) is 3. The molecule has 0 amide bonds. The highest BCUT2D eigenvalue weighted by molar-refractivity contribution is 5.89. The lowest BCUT2D eigenvalue weighted by atomic mass is 10.1. The summed E-state index contributed by atoms with van der Waals surface area (Å²) in [4.78, 5) is 26.4. The first kappa shape index (κ1) is 14.5. The Bertz CT molecular complexity index is 437. The third kappa shape index (κ3) is 4.02. The maximum absolute atomic E-state index is 12.0. The molecule has 0 fully saturated rings. The van der Waals surface area contributed by atoms with Crippen molar-refractivity contribution < 1.29 is 9.53 Å². The number of esters is 1. The molecule has 4 nitrogen and oxygen atoms in total. The van der Waals surface area contributed by atoms with Crippen molar-refractivity contribution in [3.8, 4) is 0 Å². The largest absolute Gasteiger partial charge is 0.462 e. The van der Waals surface area contributed by atoms with Gasteiger partial charge in [-0.25, -0.2) is 4.79 Å². The molecule has 18 heavy (non-hydrogen) atoms. The van der Waals surface area contributed by atoms with Gasteiger partial charge in [-0.05, 0) is 19.8 Å². The van der Waals surface area contributed by atoms with Gasteiger partial charge in [0.1, 0.15) is 5.56 Å². The predicted octanol–water partition coefficient (Wildman–Crippen LogP) is 2.67. The lowest BCUT2D eigenvalue weighted by molar-refractivity contribution is 0.0524. The van der Waals surface area contributed by atoms with E-state index in [4.69, 9.17) is 4.74 Å². The predicted molar refractivity (Wildman–Crippen MR) is 70.9 cm³/mol. The van der Waals surface area contributed by atoms with Crippen molar-refractivity contribution in [2.24, 2.45) is 0 Å². The zero-order valence-corrected chi connectivity index (χ0v) is 11.1. The number of nitrogens with one attached hydrogen (secondary N) is 1. The van der Waals surface area contributed by atoms with E-state index in [1.54, 1.807) is 13.1 Å². The molecule has 0 atom stereocenters. The van der Waals surface area contributed by atoms with E-state index in [0.29, 0.717) is 12.0 Å². The van der Waals surface area contributed by atoms with Crippen LogP contribution in [-0.2, 0) is 11.2 Å². The number of H-pyrrole nitrogens is 1. The van der Waals surface area contributed by atoms with Gasteiger partial charge in [0.25, 0.3) is 0 Å². The monoisotopic (exact) mass is 251 g/mol. The number of hydrogen-bond donors (Lipinski definition) is 1. The molecule has 0 bridgehead atoms. The zero-order chi connectivity index (χ0) is 13.4. The summed E-state index contributed by atoms with van der Waals surface area (Å²) >= 11 is 0. The second-order valence-corrected chi connectivity index (χ2v) is 4.25. The van der Waals surface area contributed by atoms with Crippen molar-refractivity contribution in [2.45, 2.75) is 46.0 Å². The van der Waals surface area contributed by atoms with Gasteiger partial charge in [-0.15, -0.1) is 0 Å². The molecule has 0 saturated carbocycles. The molecule has 0 unspecified atom stereocenters. The Kier molecular flexibility index (Phi) is 6.19. The third-order valence-corrected chi connectivity index (χ3v) is 2.82. The zero-order valence-electron chi connectivity index (χ0n) is 11.1. The van der Waals surface area contributed by atoms with Crippen LogP contribution >= 0.6 is 0 Å². The van der Waals surface area contributed by atoms with Gasteiger partial charge < -0.3 is 9.72 Å². The number of pyridine rings is 1. The van der Waals surface area contributed by atoms with Crippen LogP contribution in [0.15, 0.2) is 17.2 Å². The van der Waals surface area contributed by atoms with Crippen molar-refractivity contribution in [1.29, 1.82) is 0 Å². The molecular weight excluding hydrogens is 230 g/mol.